The topological polar surface area (TPSA) is 109 Å². The van der Waals surface area contributed by atoms with Gasteiger partial charge in [0.1, 0.15) is 0 Å². The van der Waals surface area contributed by atoms with Crippen LogP contribution in [-0.4, -0.2) is 39.6 Å². The lowest BCUT2D eigenvalue weighted by Gasteiger charge is -2.15. The molecule has 1 aliphatic carbocycles. The van der Waals surface area contributed by atoms with Crippen LogP contribution in [0.1, 0.15) is 54.6 Å². The van der Waals surface area contributed by atoms with Gasteiger partial charge >= 0.3 is 5.69 Å². The Labute approximate surface area is 162 Å². The minimum absolute atomic E-state index is 0. The van der Waals surface area contributed by atoms with Crippen molar-refractivity contribution in [1.82, 2.24) is 25.2 Å². The van der Waals surface area contributed by atoms with Gasteiger partial charge in [-0.1, -0.05) is 6.92 Å². The first kappa shape index (κ1) is 19.6. The third-order valence-electron chi connectivity index (χ3n) is 5.05. The highest BCUT2D eigenvalue weighted by molar-refractivity contribution is 6.05. The van der Waals surface area contributed by atoms with E-state index in [2.05, 4.69) is 20.6 Å². The molecule has 2 aromatic rings. The Bertz CT molecular complexity index is 973. The fraction of sp³-hybridized carbons (Fsp3) is 0.556. The number of carbonyl (C=O) groups is 1. The SMILES string of the molecule is CCCn1c(=O)[nH]c(=O)c2c(C(=O)NC3CCNC3)cc(C3CC3)nc21.Cl. The van der Waals surface area contributed by atoms with Crippen molar-refractivity contribution in [3.63, 3.8) is 0 Å². The van der Waals surface area contributed by atoms with Crippen molar-refractivity contribution >= 4 is 29.3 Å². The average Bonchev–Trinajstić information content (AvgIpc) is 3.35. The van der Waals surface area contributed by atoms with Crippen LogP contribution < -0.4 is 21.9 Å². The monoisotopic (exact) mass is 393 g/mol. The van der Waals surface area contributed by atoms with E-state index in [1.54, 1.807) is 6.07 Å². The second kappa shape index (κ2) is 7.82. The quantitative estimate of drug-likeness (QED) is 0.698. The molecule has 1 atom stereocenters. The van der Waals surface area contributed by atoms with Crippen molar-refractivity contribution in [2.75, 3.05) is 13.1 Å². The molecule has 2 aromatic heterocycles. The first-order valence-corrected chi connectivity index (χ1v) is 9.27. The summed E-state index contributed by atoms with van der Waals surface area (Å²) in [6.07, 6.45) is 3.63. The van der Waals surface area contributed by atoms with E-state index < -0.39 is 11.2 Å². The van der Waals surface area contributed by atoms with Crippen LogP contribution in [0.4, 0.5) is 0 Å². The van der Waals surface area contributed by atoms with E-state index in [4.69, 9.17) is 0 Å². The highest BCUT2D eigenvalue weighted by atomic mass is 35.5. The van der Waals surface area contributed by atoms with Crippen LogP contribution in [0, 0.1) is 0 Å². The molecule has 27 heavy (non-hydrogen) atoms. The highest BCUT2D eigenvalue weighted by Gasteiger charge is 2.29. The zero-order valence-corrected chi connectivity index (χ0v) is 16.0. The number of aryl methyl sites for hydroxylation is 1. The lowest BCUT2D eigenvalue weighted by atomic mass is 10.1. The van der Waals surface area contributed by atoms with Crippen molar-refractivity contribution < 1.29 is 4.79 Å². The Morgan fingerprint density at radius 1 is 1.33 bits per heavy atom. The lowest BCUT2D eigenvalue weighted by Crippen LogP contribution is -2.38. The van der Waals surface area contributed by atoms with Gasteiger partial charge in [-0.3, -0.25) is 19.1 Å². The van der Waals surface area contributed by atoms with Crippen LogP contribution in [-0.2, 0) is 6.54 Å². The van der Waals surface area contributed by atoms with Crippen molar-refractivity contribution in [2.24, 2.45) is 0 Å². The predicted octanol–water partition coefficient (Wildman–Crippen LogP) is 0.886. The number of halogens is 1. The summed E-state index contributed by atoms with van der Waals surface area (Å²) in [5, 5.41) is 6.41. The lowest BCUT2D eigenvalue weighted by molar-refractivity contribution is 0.0941. The number of rotatable bonds is 5. The zero-order chi connectivity index (χ0) is 18.3. The second-order valence-electron chi connectivity index (χ2n) is 7.14. The Balaban J connectivity index is 0.00000210. The molecule has 1 amide bonds. The van der Waals surface area contributed by atoms with Gasteiger partial charge in [-0.2, -0.15) is 0 Å². The van der Waals surface area contributed by atoms with Gasteiger partial charge in [0.25, 0.3) is 11.5 Å². The Morgan fingerprint density at radius 2 is 2.11 bits per heavy atom. The summed E-state index contributed by atoms with van der Waals surface area (Å²) in [6, 6.07) is 1.78. The van der Waals surface area contributed by atoms with Crippen LogP contribution in [0.2, 0.25) is 0 Å². The molecule has 1 aliphatic heterocycles. The van der Waals surface area contributed by atoms with E-state index in [0.29, 0.717) is 23.7 Å². The van der Waals surface area contributed by atoms with Crippen molar-refractivity contribution in [1.29, 1.82) is 0 Å². The fourth-order valence-electron chi connectivity index (χ4n) is 3.53. The normalized spacial score (nSPS) is 19.1. The van der Waals surface area contributed by atoms with Gasteiger partial charge in [-0.25, -0.2) is 9.78 Å². The number of aromatic nitrogens is 3. The Kier molecular flexibility index (Phi) is 5.67. The number of hydrogen-bond acceptors (Lipinski definition) is 5. The van der Waals surface area contributed by atoms with E-state index in [-0.39, 0.29) is 29.7 Å². The van der Waals surface area contributed by atoms with E-state index in [9.17, 15) is 14.4 Å². The number of pyridine rings is 1. The number of nitrogens with zero attached hydrogens (tertiary/aromatic N) is 2. The molecule has 1 saturated heterocycles. The number of hydrogen-bond donors (Lipinski definition) is 3. The van der Waals surface area contributed by atoms with Crippen molar-refractivity contribution in [3.05, 3.63) is 38.2 Å². The van der Waals surface area contributed by atoms with Crippen molar-refractivity contribution in [3.8, 4) is 0 Å². The predicted molar refractivity (Wildman–Crippen MR) is 105 cm³/mol. The van der Waals surface area contributed by atoms with Crippen LogP contribution in [0.25, 0.3) is 11.0 Å². The van der Waals surface area contributed by atoms with Crippen LogP contribution >= 0.6 is 12.4 Å². The first-order valence-electron chi connectivity index (χ1n) is 9.27. The standard InChI is InChI=1S/C18H23N5O3.ClH/c1-2-7-23-15-14(17(25)22-18(23)26)12(8-13(21-15)10-3-4-10)16(24)20-11-5-6-19-9-11;/h8,10-11,19H,2-7,9H2,1H3,(H,20,24)(H,22,25,26);1H. The molecule has 146 valence electrons. The van der Waals surface area contributed by atoms with E-state index in [1.807, 2.05) is 6.92 Å². The summed E-state index contributed by atoms with van der Waals surface area (Å²) in [7, 11) is 0. The number of carbonyl (C=O) groups excluding carboxylic acids is 1. The number of amides is 1. The summed E-state index contributed by atoms with van der Waals surface area (Å²) in [4.78, 5) is 44.6. The maximum absolute atomic E-state index is 12.9. The smallest absolute Gasteiger partial charge is 0.329 e. The molecular formula is C18H24ClN5O3. The van der Waals surface area contributed by atoms with Crippen molar-refractivity contribution in [2.45, 2.75) is 51.1 Å². The zero-order valence-electron chi connectivity index (χ0n) is 15.2. The van der Waals surface area contributed by atoms with E-state index in [1.165, 1.54) is 4.57 Å². The largest absolute Gasteiger partial charge is 0.348 e. The van der Waals surface area contributed by atoms with Crippen LogP contribution in [0.5, 0.6) is 0 Å². The fourth-order valence-corrected chi connectivity index (χ4v) is 3.53. The number of nitrogens with one attached hydrogen (secondary N) is 3. The average molecular weight is 394 g/mol. The number of aromatic amines is 1. The minimum Gasteiger partial charge on any atom is -0.348 e. The summed E-state index contributed by atoms with van der Waals surface area (Å²) < 4.78 is 1.47. The molecular weight excluding hydrogens is 370 g/mol. The first-order chi connectivity index (χ1) is 12.6. The molecule has 9 heteroatoms. The Hall–Kier alpha value is -2.19. The number of fused-ring (bicyclic) bond motifs is 1. The molecule has 0 spiro atoms. The maximum Gasteiger partial charge on any atom is 0.329 e. The molecule has 8 nitrogen and oxygen atoms in total. The minimum atomic E-state index is -0.554. The summed E-state index contributed by atoms with van der Waals surface area (Å²) in [5.41, 5.74) is 0.398. The van der Waals surface area contributed by atoms with Gasteiger partial charge in [0, 0.05) is 30.7 Å². The molecule has 0 aromatic carbocycles. The molecule has 3 N–H and O–H groups in total. The summed E-state index contributed by atoms with van der Waals surface area (Å²) in [5.74, 6) is 0.0313. The molecule has 1 saturated carbocycles. The van der Waals surface area contributed by atoms with Gasteiger partial charge in [0.05, 0.1) is 10.9 Å². The maximum atomic E-state index is 12.9. The summed E-state index contributed by atoms with van der Waals surface area (Å²) in [6.45, 7) is 3.99. The molecule has 0 bridgehead atoms. The van der Waals surface area contributed by atoms with Gasteiger partial charge in [0.15, 0.2) is 5.65 Å². The van der Waals surface area contributed by atoms with E-state index >= 15 is 0 Å². The molecule has 4 rings (SSSR count). The van der Waals surface area contributed by atoms with Gasteiger partial charge in [0.2, 0.25) is 0 Å². The highest BCUT2D eigenvalue weighted by Crippen LogP contribution is 2.39. The molecule has 3 heterocycles. The Morgan fingerprint density at radius 3 is 2.74 bits per heavy atom. The van der Waals surface area contributed by atoms with Crippen LogP contribution in [0.15, 0.2) is 15.7 Å². The van der Waals surface area contributed by atoms with Gasteiger partial charge in [-0.15, -0.1) is 12.4 Å². The van der Waals surface area contributed by atoms with Gasteiger partial charge in [-0.05, 0) is 38.3 Å². The molecule has 0 radical (unpaired) electrons. The second-order valence-corrected chi connectivity index (χ2v) is 7.14. The third-order valence-corrected chi connectivity index (χ3v) is 5.05. The van der Waals surface area contributed by atoms with Crippen LogP contribution in [0.3, 0.4) is 0 Å². The molecule has 1 unspecified atom stereocenters. The molecule has 2 aliphatic rings. The number of H-pyrrole nitrogens is 1. The van der Waals surface area contributed by atoms with E-state index in [0.717, 1.165) is 44.5 Å². The van der Waals surface area contributed by atoms with Gasteiger partial charge < -0.3 is 10.6 Å². The third kappa shape index (κ3) is 3.77. The summed E-state index contributed by atoms with van der Waals surface area (Å²) >= 11 is 0. The molecule has 2 fully saturated rings.